The number of thiol groups is 1. The van der Waals surface area contributed by atoms with Gasteiger partial charge in [-0.05, 0) is 50.4 Å². The van der Waals surface area contributed by atoms with E-state index in [0.29, 0.717) is 19.3 Å². The van der Waals surface area contributed by atoms with Gasteiger partial charge in [-0.15, -0.1) is 0 Å². The first-order valence-electron chi connectivity index (χ1n) is 8.67. The number of carbonyl (C=O) groups is 1. The van der Waals surface area contributed by atoms with Crippen LogP contribution in [0.5, 0.6) is 11.5 Å². The van der Waals surface area contributed by atoms with Crippen LogP contribution < -0.4 is 14.8 Å². The molecule has 0 aromatic heterocycles. The van der Waals surface area contributed by atoms with Crippen LogP contribution in [0.2, 0.25) is 0 Å². The lowest BCUT2D eigenvalue weighted by Gasteiger charge is -2.31. The van der Waals surface area contributed by atoms with Crippen LogP contribution in [-0.2, 0) is 0 Å². The average Bonchev–Trinajstić information content (AvgIpc) is 2.60. The number of likely N-dealkylation sites (tertiary alicyclic amines) is 1. The van der Waals surface area contributed by atoms with Gasteiger partial charge in [0.2, 0.25) is 0 Å². The molecule has 0 bridgehead atoms. The van der Waals surface area contributed by atoms with Crippen molar-refractivity contribution in [1.29, 1.82) is 0 Å². The number of nitrogens with zero attached hydrogens (tertiary/aromatic N) is 1. The largest absolute Gasteiger partial charge is 0.486 e. The third kappa shape index (κ3) is 5.91. The van der Waals surface area contributed by atoms with Crippen LogP contribution in [0.25, 0.3) is 0 Å². The fraction of sp³-hybridized carbons (Fsp3) is 0.611. The molecular formula is C18H28N2O3S. The van der Waals surface area contributed by atoms with Gasteiger partial charge >= 0.3 is 0 Å². The van der Waals surface area contributed by atoms with Crippen LogP contribution in [0, 0.1) is 6.92 Å². The molecule has 0 unspecified atom stereocenters. The number of hydrogen-bond acceptors (Lipinski definition) is 4. The molecule has 1 fully saturated rings. The maximum Gasteiger partial charge on any atom is 0.278 e. The molecule has 1 aromatic rings. The molecule has 2 aliphatic rings. The molecule has 3 rings (SSSR count). The molecule has 2 heterocycles. The quantitative estimate of drug-likeness (QED) is 0.820. The zero-order valence-corrected chi connectivity index (χ0v) is 15.5. The van der Waals surface area contributed by atoms with Gasteiger partial charge in [-0.25, -0.2) is 0 Å². The van der Waals surface area contributed by atoms with E-state index in [2.05, 4.69) is 24.9 Å². The molecule has 1 aromatic carbocycles. The van der Waals surface area contributed by atoms with Crippen LogP contribution in [-0.4, -0.2) is 49.0 Å². The van der Waals surface area contributed by atoms with Crippen LogP contribution in [0.15, 0.2) is 18.2 Å². The van der Waals surface area contributed by atoms with Gasteiger partial charge < -0.3 is 19.7 Å². The van der Waals surface area contributed by atoms with Crippen molar-refractivity contribution < 1.29 is 14.3 Å². The zero-order valence-electron chi connectivity index (χ0n) is 14.6. The summed E-state index contributed by atoms with van der Waals surface area (Å²) in [5, 5.41) is 3.38. The molecule has 134 valence electrons. The van der Waals surface area contributed by atoms with Crippen molar-refractivity contribution in [3.63, 3.8) is 0 Å². The number of amides is 1. The fourth-order valence-corrected chi connectivity index (χ4v) is 2.97. The van der Waals surface area contributed by atoms with E-state index in [4.69, 9.17) is 9.47 Å². The minimum Gasteiger partial charge on any atom is -0.486 e. The van der Waals surface area contributed by atoms with Crippen molar-refractivity contribution in [2.75, 3.05) is 32.8 Å². The monoisotopic (exact) mass is 352 g/mol. The molecule has 0 atom stereocenters. The van der Waals surface area contributed by atoms with Gasteiger partial charge in [-0.1, -0.05) is 25.6 Å². The van der Waals surface area contributed by atoms with Crippen molar-refractivity contribution in [3.05, 3.63) is 23.8 Å². The maximum atomic E-state index is 10.9. The van der Waals surface area contributed by atoms with E-state index >= 15 is 0 Å². The summed E-state index contributed by atoms with van der Waals surface area (Å²) in [4.78, 5) is 12.7. The Hall–Kier alpha value is -1.40. The SMILES string of the molecule is CCCNC1CCN(C(=O)S)CC1.Cc1ccc2c(c1)OCCO2. The Morgan fingerprint density at radius 1 is 1.25 bits per heavy atom. The molecule has 1 N–H and O–H groups in total. The number of carbonyl (C=O) groups excluding carboxylic acids is 1. The zero-order chi connectivity index (χ0) is 17.4. The van der Waals surface area contributed by atoms with Crippen molar-refractivity contribution >= 4 is 17.9 Å². The Morgan fingerprint density at radius 3 is 2.54 bits per heavy atom. The minimum absolute atomic E-state index is 0.0889. The molecule has 1 amide bonds. The average molecular weight is 353 g/mol. The van der Waals surface area contributed by atoms with Crippen LogP contribution in [0.3, 0.4) is 0 Å². The molecule has 2 aliphatic heterocycles. The fourth-order valence-electron chi connectivity index (χ4n) is 2.77. The van der Waals surface area contributed by atoms with E-state index in [1.54, 1.807) is 4.90 Å². The molecule has 24 heavy (non-hydrogen) atoms. The standard InChI is InChI=1S/C9H18N2OS.C9H10O2/c1-2-5-10-8-3-6-11(7-4-8)9(12)13;1-7-2-3-8-9(6-7)11-5-4-10-8/h8,10H,2-7H2,1H3,(H,12,13);2-3,6H,4-5H2,1H3. The summed E-state index contributed by atoms with van der Waals surface area (Å²) in [5.41, 5.74) is 1.20. The summed E-state index contributed by atoms with van der Waals surface area (Å²) < 4.78 is 10.7. The van der Waals surface area contributed by atoms with Crippen molar-refractivity contribution in [1.82, 2.24) is 10.2 Å². The Bertz CT molecular complexity index is 531. The second kappa shape index (κ2) is 9.79. The summed E-state index contributed by atoms with van der Waals surface area (Å²) >= 11 is 3.81. The Balaban J connectivity index is 0.000000175. The second-order valence-electron chi connectivity index (χ2n) is 6.15. The smallest absolute Gasteiger partial charge is 0.278 e. The highest BCUT2D eigenvalue weighted by atomic mass is 32.1. The minimum atomic E-state index is -0.0889. The van der Waals surface area contributed by atoms with Gasteiger partial charge in [0.05, 0.1) is 0 Å². The third-order valence-electron chi connectivity index (χ3n) is 4.15. The number of rotatable bonds is 3. The number of fused-ring (bicyclic) bond motifs is 1. The molecule has 0 aliphatic carbocycles. The molecule has 0 saturated carbocycles. The topological polar surface area (TPSA) is 50.8 Å². The highest BCUT2D eigenvalue weighted by Gasteiger charge is 2.19. The van der Waals surface area contributed by atoms with Gasteiger partial charge in [0.1, 0.15) is 13.2 Å². The van der Waals surface area contributed by atoms with E-state index < -0.39 is 0 Å². The first-order valence-corrected chi connectivity index (χ1v) is 9.12. The molecule has 0 radical (unpaired) electrons. The number of aryl methyl sites for hydroxylation is 1. The first-order chi connectivity index (χ1) is 11.6. The highest BCUT2D eigenvalue weighted by molar-refractivity contribution is 7.96. The van der Waals surface area contributed by atoms with Crippen molar-refractivity contribution in [2.24, 2.45) is 0 Å². The number of ether oxygens (including phenoxy) is 2. The Labute approximate surface area is 150 Å². The van der Waals surface area contributed by atoms with Crippen LogP contribution in [0.4, 0.5) is 4.79 Å². The molecule has 1 saturated heterocycles. The lowest BCUT2D eigenvalue weighted by Crippen LogP contribution is -2.43. The van der Waals surface area contributed by atoms with Crippen molar-refractivity contribution in [2.45, 2.75) is 39.2 Å². The summed E-state index contributed by atoms with van der Waals surface area (Å²) in [6.07, 6.45) is 3.30. The highest BCUT2D eigenvalue weighted by Crippen LogP contribution is 2.30. The molecule has 0 spiro atoms. The summed E-state index contributed by atoms with van der Waals surface area (Å²) in [6, 6.07) is 6.56. The first kappa shape index (κ1) is 18.9. The van der Waals surface area contributed by atoms with Gasteiger partial charge in [-0.2, -0.15) is 0 Å². The Kier molecular flexibility index (Phi) is 7.72. The summed E-state index contributed by atoms with van der Waals surface area (Å²) in [5.74, 6) is 1.73. The van der Waals surface area contributed by atoms with Gasteiger partial charge in [0, 0.05) is 19.1 Å². The van der Waals surface area contributed by atoms with Gasteiger partial charge in [0.25, 0.3) is 5.24 Å². The van der Waals surface area contributed by atoms with E-state index in [1.807, 2.05) is 25.1 Å². The van der Waals surface area contributed by atoms with E-state index in [-0.39, 0.29) is 5.24 Å². The van der Waals surface area contributed by atoms with Crippen LogP contribution >= 0.6 is 12.6 Å². The lowest BCUT2D eigenvalue weighted by atomic mass is 10.1. The van der Waals surface area contributed by atoms with Gasteiger partial charge in [-0.3, -0.25) is 4.79 Å². The predicted molar refractivity (Wildman–Crippen MR) is 99.4 cm³/mol. The third-order valence-corrected chi connectivity index (χ3v) is 4.43. The van der Waals surface area contributed by atoms with E-state index in [9.17, 15) is 4.79 Å². The summed E-state index contributed by atoms with van der Waals surface area (Å²) in [6.45, 7) is 8.32. The maximum absolute atomic E-state index is 10.9. The summed E-state index contributed by atoms with van der Waals surface area (Å²) in [7, 11) is 0. The number of benzene rings is 1. The Morgan fingerprint density at radius 2 is 1.92 bits per heavy atom. The predicted octanol–water partition coefficient (Wildman–Crippen LogP) is 3.27. The molecule has 6 heteroatoms. The van der Waals surface area contributed by atoms with E-state index in [0.717, 1.165) is 44.0 Å². The van der Waals surface area contributed by atoms with Crippen molar-refractivity contribution in [3.8, 4) is 11.5 Å². The number of piperidine rings is 1. The molecular weight excluding hydrogens is 324 g/mol. The molecule has 5 nitrogen and oxygen atoms in total. The second-order valence-corrected chi connectivity index (χ2v) is 6.53. The number of nitrogens with one attached hydrogen (secondary N) is 1. The van der Waals surface area contributed by atoms with E-state index in [1.165, 1.54) is 12.0 Å². The normalized spacial score (nSPS) is 17.0. The lowest BCUT2D eigenvalue weighted by molar-refractivity contribution is 0.171. The van der Waals surface area contributed by atoms with Gasteiger partial charge in [0.15, 0.2) is 11.5 Å². The van der Waals surface area contributed by atoms with Crippen LogP contribution in [0.1, 0.15) is 31.7 Å². The number of hydrogen-bond donors (Lipinski definition) is 2.